The highest BCUT2D eigenvalue weighted by Crippen LogP contribution is 2.40. The van der Waals surface area contributed by atoms with Gasteiger partial charge in [-0.05, 0) is 6.42 Å². The predicted octanol–water partition coefficient (Wildman–Crippen LogP) is 0.172. The maximum absolute atomic E-state index is 12.0. The van der Waals surface area contributed by atoms with Crippen LogP contribution in [0.4, 0.5) is 5.69 Å². The predicted molar refractivity (Wildman–Crippen MR) is 69.4 cm³/mol. The van der Waals surface area contributed by atoms with E-state index in [9.17, 15) is 24.8 Å². The van der Waals surface area contributed by atoms with Crippen molar-refractivity contribution >= 4 is 11.6 Å². The minimum Gasteiger partial charge on any atom is -0.392 e. The lowest BCUT2D eigenvalue weighted by Crippen LogP contribution is -2.61. The summed E-state index contributed by atoms with van der Waals surface area (Å²) in [6.45, 7) is 3.59. The molecule has 1 heterocycles. The number of aromatic nitrogens is 1. The molecule has 0 radical (unpaired) electrons. The van der Waals surface area contributed by atoms with Crippen LogP contribution in [0, 0.1) is 15.5 Å². The summed E-state index contributed by atoms with van der Waals surface area (Å²) >= 11 is 0. The summed E-state index contributed by atoms with van der Waals surface area (Å²) in [5.74, 6) is -0.681. The molecule has 0 saturated heterocycles. The molecule has 1 fully saturated rings. The number of hydrogen-bond acceptors (Lipinski definition) is 5. The van der Waals surface area contributed by atoms with Crippen LogP contribution in [-0.4, -0.2) is 33.1 Å². The number of H-pyrrole nitrogens is 1. The zero-order valence-electron chi connectivity index (χ0n) is 11.0. The van der Waals surface area contributed by atoms with Crippen molar-refractivity contribution < 1.29 is 14.8 Å². The largest absolute Gasteiger partial charge is 0.392 e. The third-order valence-electron chi connectivity index (χ3n) is 3.86. The van der Waals surface area contributed by atoms with Gasteiger partial charge in [-0.15, -0.1) is 0 Å². The Balaban J connectivity index is 2.20. The van der Waals surface area contributed by atoms with Gasteiger partial charge in [-0.25, -0.2) is 0 Å². The minimum absolute atomic E-state index is 0.274. The zero-order chi connectivity index (χ0) is 15.1. The van der Waals surface area contributed by atoms with Gasteiger partial charge in [0, 0.05) is 17.5 Å². The molecule has 8 heteroatoms. The number of nitro groups is 1. The number of aliphatic hydroxyl groups excluding tert-OH is 1. The second-order valence-electron chi connectivity index (χ2n) is 5.46. The van der Waals surface area contributed by atoms with Gasteiger partial charge in [-0.2, -0.15) is 0 Å². The summed E-state index contributed by atoms with van der Waals surface area (Å²) in [5, 5.41) is 22.9. The first-order valence-electron chi connectivity index (χ1n) is 6.09. The highest BCUT2D eigenvalue weighted by atomic mass is 16.6. The van der Waals surface area contributed by atoms with Crippen molar-refractivity contribution in [2.75, 3.05) is 0 Å². The van der Waals surface area contributed by atoms with Crippen LogP contribution in [-0.2, 0) is 0 Å². The number of aromatic amines is 1. The molecule has 108 valence electrons. The average Bonchev–Trinajstić information content (AvgIpc) is 2.38. The molecule has 2 atom stereocenters. The number of carbonyl (C=O) groups is 1. The number of rotatable bonds is 3. The highest BCUT2D eigenvalue weighted by molar-refractivity contribution is 5.94. The van der Waals surface area contributed by atoms with E-state index in [4.69, 9.17) is 0 Å². The van der Waals surface area contributed by atoms with Crippen LogP contribution in [0.15, 0.2) is 17.1 Å². The summed E-state index contributed by atoms with van der Waals surface area (Å²) in [5.41, 5.74) is -1.84. The summed E-state index contributed by atoms with van der Waals surface area (Å²) in [6, 6.07) is 0.666. The molecule has 1 aromatic heterocycles. The smallest absolute Gasteiger partial charge is 0.286 e. The van der Waals surface area contributed by atoms with Crippen molar-refractivity contribution in [3.05, 3.63) is 38.3 Å². The van der Waals surface area contributed by atoms with Gasteiger partial charge < -0.3 is 15.4 Å². The zero-order valence-corrected chi connectivity index (χ0v) is 11.0. The van der Waals surface area contributed by atoms with Crippen LogP contribution in [0.1, 0.15) is 30.6 Å². The molecule has 1 aromatic rings. The molecule has 0 aromatic carbocycles. The first kappa shape index (κ1) is 14.2. The second-order valence-corrected chi connectivity index (χ2v) is 5.46. The Morgan fingerprint density at radius 1 is 1.60 bits per heavy atom. The summed E-state index contributed by atoms with van der Waals surface area (Å²) in [4.78, 5) is 35.7. The number of nitrogens with zero attached hydrogens (tertiary/aromatic N) is 1. The fourth-order valence-corrected chi connectivity index (χ4v) is 2.13. The van der Waals surface area contributed by atoms with E-state index in [2.05, 4.69) is 10.3 Å². The van der Waals surface area contributed by atoms with Crippen molar-refractivity contribution in [2.45, 2.75) is 32.4 Å². The highest BCUT2D eigenvalue weighted by Gasteiger charge is 2.48. The monoisotopic (exact) mass is 281 g/mol. The molecule has 1 saturated carbocycles. The molecule has 1 aliphatic rings. The van der Waals surface area contributed by atoms with Gasteiger partial charge in [0.2, 0.25) is 0 Å². The van der Waals surface area contributed by atoms with Gasteiger partial charge in [0.15, 0.2) is 0 Å². The first-order chi connectivity index (χ1) is 9.23. The van der Waals surface area contributed by atoms with E-state index < -0.39 is 27.9 Å². The van der Waals surface area contributed by atoms with Gasteiger partial charge in [0.1, 0.15) is 5.56 Å². The fraction of sp³-hybridized carbons (Fsp3) is 0.500. The average molecular weight is 281 g/mol. The molecule has 20 heavy (non-hydrogen) atoms. The van der Waals surface area contributed by atoms with Crippen LogP contribution in [0.3, 0.4) is 0 Å². The maximum atomic E-state index is 12.0. The minimum atomic E-state index is -0.691. The molecule has 0 spiro atoms. The molecular weight excluding hydrogens is 266 g/mol. The van der Waals surface area contributed by atoms with E-state index in [1.54, 1.807) is 13.8 Å². The number of pyridine rings is 1. The van der Waals surface area contributed by atoms with Crippen molar-refractivity contribution in [3.63, 3.8) is 0 Å². The number of carbonyl (C=O) groups excluding carboxylic acids is 1. The van der Waals surface area contributed by atoms with Crippen LogP contribution >= 0.6 is 0 Å². The number of amides is 1. The normalized spacial score (nSPS) is 23.8. The number of hydrogen-bond donors (Lipinski definition) is 3. The van der Waals surface area contributed by atoms with E-state index in [0.717, 1.165) is 12.3 Å². The standard InChI is InChI=1S/C12H15N3O5/c1-12(2)8(4-9(12)16)14-11(18)7-3-6(15(19)20)5-13-10(7)17/h3,5,8-9,16H,4H2,1-2H3,(H,13,17)(H,14,18). The van der Waals surface area contributed by atoms with Gasteiger partial charge in [0.05, 0.1) is 17.2 Å². The van der Waals surface area contributed by atoms with Crippen LogP contribution in [0.5, 0.6) is 0 Å². The Labute approximate surface area is 114 Å². The van der Waals surface area contributed by atoms with Crippen molar-refractivity contribution in [2.24, 2.45) is 5.41 Å². The number of aliphatic hydroxyl groups is 1. The van der Waals surface area contributed by atoms with E-state index >= 15 is 0 Å². The lowest BCUT2D eigenvalue weighted by Gasteiger charge is -2.49. The Morgan fingerprint density at radius 2 is 2.25 bits per heavy atom. The molecule has 1 aliphatic carbocycles. The third kappa shape index (κ3) is 2.29. The molecule has 2 unspecified atom stereocenters. The van der Waals surface area contributed by atoms with E-state index in [1.807, 2.05) is 0 Å². The Bertz CT molecular complexity index is 622. The Morgan fingerprint density at radius 3 is 2.75 bits per heavy atom. The van der Waals surface area contributed by atoms with Gasteiger partial charge in [-0.1, -0.05) is 13.8 Å². The quantitative estimate of drug-likeness (QED) is 0.538. The van der Waals surface area contributed by atoms with Crippen molar-refractivity contribution in [1.82, 2.24) is 10.3 Å². The molecule has 8 nitrogen and oxygen atoms in total. The third-order valence-corrected chi connectivity index (χ3v) is 3.86. The van der Waals surface area contributed by atoms with Crippen molar-refractivity contribution in [3.8, 4) is 0 Å². The molecule has 1 amide bonds. The molecular formula is C12H15N3O5. The summed E-state index contributed by atoms with van der Waals surface area (Å²) < 4.78 is 0. The fourth-order valence-electron chi connectivity index (χ4n) is 2.13. The molecule has 0 aliphatic heterocycles. The lowest BCUT2D eigenvalue weighted by atomic mass is 9.64. The Kier molecular flexibility index (Phi) is 3.34. The SMILES string of the molecule is CC1(C)C(O)CC1NC(=O)c1cc([N+](=O)[O-])c[nH]c1=O. The van der Waals surface area contributed by atoms with Crippen LogP contribution in [0.25, 0.3) is 0 Å². The van der Waals surface area contributed by atoms with Gasteiger partial charge in [0.25, 0.3) is 17.2 Å². The molecule has 2 rings (SSSR count). The summed E-state index contributed by atoms with van der Waals surface area (Å²) in [6.07, 6.45) is 0.818. The maximum Gasteiger partial charge on any atom is 0.286 e. The van der Waals surface area contributed by atoms with E-state index in [-0.39, 0.29) is 17.3 Å². The first-order valence-corrected chi connectivity index (χ1v) is 6.09. The van der Waals surface area contributed by atoms with Crippen LogP contribution < -0.4 is 10.9 Å². The number of nitrogens with one attached hydrogen (secondary N) is 2. The van der Waals surface area contributed by atoms with E-state index in [1.165, 1.54) is 0 Å². The second kappa shape index (κ2) is 4.71. The van der Waals surface area contributed by atoms with Crippen LogP contribution in [0.2, 0.25) is 0 Å². The Hall–Kier alpha value is -2.22. The summed E-state index contributed by atoms with van der Waals surface area (Å²) in [7, 11) is 0. The van der Waals surface area contributed by atoms with E-state index in [0.29, 0.717) is 6.42 Å². The van der Waals surface area contributed by atoms with Gasteiger partial charge in [-0.3, -0.25) is 19.7 Å². The van der Waals surface area contributed by atoms with Gasteiger partial charge >= 0.3 is 0 Å². The topological polar surface area (TPSA) is 125 Å². The lowest BCUT2D eigenvalue weighted by molar-refractivity contribution is -0.385. The molecule has 3 N–H and O–H groups in total. The van der Waals surface area contributed by atoms with Crippen molar-refractivity contribution in [1.29, 1.82) is 0 Å². The molecule has 0 bridgehead atoms.